The number of likely N-dealkylation sites (tertiary alicyclic amines) is 1. The van der Waals surface area contributed by atoms with Gasteiger partial charge < -0.3 is 20.3 Å². The fourth-order valence-electron chi connectivity index (χ4n) is 8.09. The number of nitrogens with zero attached hydrogens (tertiary/aromatic N) is 9. The maximum atomic E-state index is 17.1. The molecule has 0 spiro atoms. The lowest BCUT2D eigenvalue weighted by molar-refractivity contribution is 0.107. The second-order valence-corrected chi connectivity index (χ2v) is 15.1. The van der Waals surface area contributed by atoms with Gasteiger partial charge in [-0.2, -0.15) is 29.3 Å². The fraction of sp³-hybridized carbons (Fsp3) is 0.412. The fourth-order valence-corrected chi connectivity index (χ4v) is 9.33. The van der Waals surface area contributed by atoms with Crippen LogP contribution in [0.3, 0.4) is 0 Å². The van der Waals surface area contributed by atoms with Crippen molar-refractivity contribution in [2.75, 3.05) is 43.9 Å². The predicted octanol–water partition coefficient (Wildman–Crippen LogP) is 6.15. The first kappa shape index (κ1) is 34.3. The Morgan fingerprint density at radius 1 is 1.27 bits per heavy atom. The summed E-state index contributed by atoms with van der Waals surface area (Å²) in [5.41, 5.74) is 5.42. The highest BCUT2D eigenvalue weighted by Crippen LogP contribution is 2.46. The largest absolute Gasteiger partial charge is 0.461 e. The van der Waals surface area contributed by atoms with Crippen LogP contribution in [0.4, 0.5) is 33.2 Å². The summed E-state index contributed by atoms with van der Waals surface area (Å²) in [6.45, 7) is 3.17. The molecule has 2 N–H and O–H groups in total. The highest BCUT2D eigenvalue weighted by molar-refractivity contribution is 7.23. The number of hydrogen-bond acceptors (Lipinski definition) is 11. The minimum absolute atomic E-state index is 0.00314. The lowest BCUT2D eigenvalue weighted by Crippen LogP contribution is -2.43. The molecule has 8 rings (SSSR count). The molecular formula is C34H31ClF4N10O2S. The minimum Gasteiger partial charge on any atom is -0.461 e. The third-order valence-corrected chi connectivity index (χ3v) is 11.9. The van der Waals surface area contributed by atoms with E-state index < -0.39 is 35.5 Å². The maximum Gasteiger partial charge on any atom is 0.346 e. The average Bonchev–Trinajstić information content (AvgIpc) is 3.93. The number of thiophene rings is 1. The number of hydrogen-bond donors (Lipinski definition) is 1. The number of fused-ring (bicyclic) bond motifs is 3. The van der Waals surface area contributed by atoms with E-state index in [2.05, 4.69) is 20.0 Å². The molecule has 12 nitrogen and oxygen atoms in total. The van der Waals surface area contributed by atoms with Gasteiger partial charge >= 0.3 is 18.1 Å². The molecule has 52 heavy (non-hydrogen) atoms. The van der Waals surface area contributed by atoms with E-state index >= 15 is 4.39 Å². The number of rotatable bonds is 6. The van der Waals surface area contributed by atoms with Crippen molar-refractivity contribution in [3.63, 3.8) is 0 Å². The van der Waals surface area contributed by atoms with Crippen LogP contribution >= 0.6 is 22.9 Å². The third kappa shape index (κ3) is 5.46. The van der Waals surface area contributed by atoms with Gasteiger partial charge in [0.2, 0.25) is 0 Å². The number of likely N-dealkylation sites (N-methyl/N-ethyl adjacent to an activating group) is 1. The first-order valence-electron chi connectivity index (χ1n) is 16.6. The van der Waals surface area contributed by atoms with Crippen LogP contribution in [0.2, 0.25) is 5.02 Å². The number of anilines is 2. The molecule has 3 aliphatic heterocycles. The van der Waals surface area contributed by atoms with Gasteiger partial charge in [-0.1, -0.05) is 17.7 Å². The first-order valence-corrected chi connectivity index (χ1v) is 17.8. The van der Waals surface area contributed by atoms with E-state index in [1.807, 2.05) is 13.0 Å². The average molecular weight is 755 g/mol. The topological polar surface area (TPSA) is 142 Å². The third-order valence-electron chi connectivity index (χ3n) is 10.6. The molecule has 5 aromatic rings. The number of carbonyl (C=O) groups is 1. The number of nitrogens with two attached hydrogens (primary N) is 1. The van der Waals surface area contributed by atoms with Crippen molar-refractivity contribution in [3.05, 3.63) is 52.8 Å². The molecule has 3 aromatic heterocycles. The molecule has 0 saturated carbocycles. The van der Waals surface area contributed by atoms with E-state index in [0.717, 1.165) is 47.8 Å². The van der Waals surface area contributed by atoms with Crippen LogP contribution in [0.15, 0.2) is 24.5 Å². The van der Waals surface area contributed by atoms with E-state index in [1.165, 1.54) is 17.0 Å². The van der Waals surface area contributed by atoms with Crippen molar-refractivity contribution in [1.29, 1.82) is 5.26 Å². The zero-order chi connectivity index (χ0) is 36.6. The Kier molecular flexibility index (Phi) is 8.38. The Hall–Kier alpha value is -4.79. The number of aromatic nitrogens is 5. The smallest absolute Gasteiger partial charge is 0.346 e. The van der Waals surface area contributed by atoms with Crippen LogP contribution in [0.25, 0.3) is 32.1 Å². The van der Waals surface area contributed by atoms with Gasteiger partial charge in [-0.15, -0.1) is 16.4 Å². The number of amides is 1. The van der Waals surface area contributed by atoms with Crippen molar-refractivity contribution in [1.82, 2.24) is 34.5 Å². The molecule has 6 heterocycles. The van der Waals surface area contributed by atoms with Crippen LogP contribution in [0.1, 0.15) is 38.2 Å². The van der Waals surface area contributed by atoms with Crippen LogP contribution in [-0.4, -0.2) is 97.6 Å². The number of halogens is 5. The van der Waals surface area contributed by atoms with Crippen molar-refractivity contribution in [2.24, 2.45) is 0 Å². The summed E-state index contributed by atoms with van der Waals surface area (Å²) in [6, 6.07) is 4.66. The van der Waals surface area contributed by atoms with Crippen molar-refractivity contribution in [2.45, 2.75) is 56.4 Å². The Balaban J connectivity index is 1.24. The molecule has 2 unspecified atom stereocenters. The molecular weight excluding hydrogens is 724 g/mol. The van der Waals surface area contributed by atoms with Gasteiger partial charge in [0.05, 0.1) is 20.8 Å². The number of nitriles is 1. The highest BCUT2D eigenvalue weighted by Gasteiger charge is 2.49. The van der Waals surface area contributed by atoms with Gasteiger partial charge in [-0.05, 0) is 50.4 Å². The predicted molar refractivity (Wildman–Crippen MR) is 187 cm³/mol. The molecule has 270 valence electrons. The van der Waals surface area contributed by atoms with Gasteiger partial charge in [-0.3, -0.25) is 4.90 Å². The standard InChI is InChI=1S/C34H31ClF4N10O2S/c1-16-8-18(13-48(16)33(50)49-15-42-31(39)45-49)46(2)30-20-9-22(35)25(19-4-5-23(37)28-24(19)21(11-40)29(41)52-28)26(38)27(20)43-32(44-30)51-14-34-6-3-7-47(34)12-17(36)10-34/h4-5,9,15-18H,3,6-8,10,12-14,41H2,1-2H3/t16?,17-,18?,34+/m1/s1. The van der Waals surface area contributed by atoms with Gasteiger partial charge in [0, 0.05) is 55.0 Å². The number of benzene rings is 2. The maximum absolute atomic E-state index is 17.1. The lowest BCUT2D eigenvalue weighted by Gasteiger charge is -2.31. The molecule has 18 heteroatoms. The van der Waals surface area contributed by atoms with E-state index in [4.69, 9.17) is 27.1 Å². The molecule has 0 aliphatic carbocycles. The van der Waals surface area contributed by atoms with Gasteiger partial charge in [0.15, 0.2) is 5.82 Å². The zero-order valence-electron chi connectivity index (χ0n) is 27.9. The molecule has 0 radical (unpaired) electrons. The molecule has 0 bridgehead atoms. The summed E-state index contributed by atoms with van der Waals surface area (Å²) in [5, 5.41) is 13.8. The summed E-state index contributed by atoms with van der Waals surface area (Å²) in [6.07, 6.45) is 1.37. The Morgan fingerprint density at radius 2 is 2.08 bits per heavy atom. The van der Waals surface area contributed by atoms with Crippen LogP contribution < -0.4 is 15.4 Å². The van der Waals surface area contributed by atoms with E-state index in [1.54, 1.807) is 11.9 Å². The summed E-state index contributed by atoms with van der Waals surface area (Å²) in [5.74, 6) is -1.23. The Morgan fingerprint density at radius 3 is 2.83 bits per heavy atom. The Labute approximate surface area is 303 Å². The normalized spacial score (nSPS) is 23.1. The van der Waals surface area contributed by atoms with Gasteiger partial charge in [0.25, 0.3) is 0 Å². The SMILES string of the molecule is CC1CC(N(C)c2nc(OC[C@@]34CCCN3C[C@H](F)C4)nc3c(F)c(-c4ccc(F)c5sc(N)c(C#N)c45)c(Cl)cc23)CN1C(=O)n1cnc(F)n1. The quantitative estimate of drug-likeness (QED) is 0.201. The second kappa shape index (κ2) is 12.7. The number of nitrogen functional groups attached to an aromatic ring is 1. The zero-order valence-corrected chi connectivity index (χ0v) is 29.5. The van der Waals surface area contributed by atoms with Crippen LogP contribution in [0, 0.1) is 29.0 Å². The molecule has 3 aliphatic rings. The molecule has 1 amide bonds. The summed E-state index contributed by atoms with van der Waals surface area (Å²) in [4.78, 5) is 31.3. The van der Waals surface area contributed by atoms with E-state index in [-0.39, 0.29) is 84.8 Å². The van der Waals surface area contributed by atoms with Crippen LogP contribution in [0.5, 0.6) is 6.01 Å². The van der Waals surface area contributed by atoms with Crippen molar-refractivity contribution < 1.29 is 27.1 Å². The number of alkyl halides is 1. The van der Waals surface area contributed by atoms with Gasteiger partial charge in [-0.25, -0.2) is 18.0 Å². The highest BCUT2D eigenvalue weighted by atomic mass is 35.5. The second-order valence-electron chi connectivity index (χ2n) is 13.6. The van der Waals surface area contributed by atoms with Crippen molar-refractivity contribution in [3.8, 4) is 23.2 Å². The van der Waals surface area contributed by atoms with E-state index in [0.29, 0.717) is 19.4 Å². The molecule has 4 atom stereocenters. The Bertz CT molecular complexity index is 2320. The molecule has 3 saturated heterocycles. The number of carbonyl (C=O) groups excluding carboxylic acids is 1. The van der Waals surface area contributed by atoms with Crippen molar-refractivity contribution >= 4 is 60.8 Å². The minimum atomic E-state index is -1.03. The number of ether oxygens (including phenoxy) is 1. The van der Waals surface area contributed by atoms with Crippen LogP contribution in [-0.2, 0) is 0 Å². The van der Waals surface area contributed by atoms with E-state index in [9.17, 15) is 23.2 Å². The lowest BCUT2D eigenvalue weighted by atomic mass is 9.95. The summed E-state index contributed by atoms with van der Waals surface area (Å²) >= 11 is 7.73. The summed E-state index contributed by atoms with van der Waals surface area (Å²) in [7, 11) is 1.74. The van der Waals surface area contributed by atoms with Gasteiger partial charge in [0.1, 0.15) is 47.3 Å². The molecule has 2 aromatic carbocycles. The monoisotopic (exact) mass is 754 g/mol. The molecule has 3 fully saturated rings. The first-order chi connectivity index (χ1) is 24.9. The summed E-state index contributed by atoms with van der Waals surface area (Å²) < 4.78 is 67.3.